The molecule has 1 saturated heterocycles. The molecule has 1 heterocycles. The van der Waals surface area contributed by atoms with Gasteiger partial charge in [-0.1, -0.05) is 18.7 Å². The highest BCUT2D eigenvalue weighted by Gasteiger charge is 2.30. The molecular formula is C17H21F3N2O. The van der Waals surface area contributed by atoms with Gasteiger partial charge in [-0.25, -0.2) is 0 Å². The molecule has 0 radical (unpaired) electrons. The van der Waals surface area contributed by atoms with Crippen molar-refractivity contribution >= 4 is 5.91 Å². The van der Waals surface area contributed by atoms with E-state index in [4.69, 9.17) is 0 Å². The Balaban J connectivity index is 1.89. The van der Waals surface area contributed by atoms with Crippen LogP contribution < -0.4 is 5.32 Å². The standard InChI is InChI=1S/C17H21F3N2O/c1-3-16(23)22-10-8-15(9-11-22)21-12(2)13-4-6-14(7-5-13)17(18,19)20/h3-7,12,15,21H,1,8-11H2,2H3/t12-/m1/s1. The lowest BCUT2D eigenvalue weighted by Gasteiger charge is -2.33. The van der Waals surface area contributed by atoms with E-state index in [1.807, 2.05) is 6.92 Å². The van der Waals surface area contributed by atoms with Gasteiger partial charge in [0.25, 0.3) is 0 Å². The molecule has 1 atom stereocenters. The van der Waals surface area contributed by atoms with Crippen LogP contribution in [-0.4, -0.2) is 29.9 Å². The van der Waals surface area contributed by atoms with Crippen molar-refractivity contribution in [1.82, 2.24) is 10.2 Å². The van der Waals surface area contributed by atoms with E-state index < -0.39 is 11.7 Å². The number of hydrogen-bond donors (Lipinski definition) is 1. The number of amides is 1. The second-order valence-electron chi connectivity index (χ2n) is 5.81. The van der Waals surface area contributed by atoms with Crippen LogP contribution in [0.25, 0.3) is 0 Å². The minimum absolute atomic E-state index is 0.0380. The molecule has 1 aromatic rings. The first kappa shape index (κ1) is 17.5. The quantitative estimate of drug-likeness (QED) is 0.859. The van der Waals surface area contributed by atoms with Gasteiger partial charge in [0.15, 0.2) is 0 Å². The van der Waals surface area contributed by atoms with E-state index in [0.29, 0.717) is 13.1 Å². The molecule has 1 amide bonds. The molecule has 6 heteroatoms. The zero-order chi connectivity index (χ0) is 17.0. The van der Waals surface area contributed by atoms with Gasteiger partial charge in [0.05, 0.1) is 5.56 Å². The SMILES string of the molecule is C=CC(=O)N1CCC(N[C@H](C)c2ccc(C(F)(F)F)cc2)CC1. The van der Waals surface area contributed by atoms with Gasteiger partial charge in [0, 0.05) is 25.2 Å². The maximum absolute atomic E-state index is 12.6. The molecule has 0 spiro atoms. The average molecular weight is 326 g/mol. The minimum Gasteiger partial charge on any atom is -0.339 e. The molecule has 2 rings (SSSR count). The summed E-state index contributed by atoms with van der Waals surface area (Å²) < 4.78 is 37.7. The number of likely N-dealkylation sites (tertiary alicyclic amines) is 1. The van der Waals surface area contributed by atoms with Gasteiger partial charge in [0.1, 0.15) is 0 Å². The molecule has 23 heavy (non-hydrogen) atoms. The second kappa shape index (κ2) is 7.17. The largest absolute Gasteiger partial charge is 0.416 e. The van der Waals surface area contributed by atoms with E-state index in [2.05, 4.69) is 11.9 Å². The number of nitrogens with zero attached hydrogens (tertiary/aromatic N) is 1. The van der Waals surface area contributed by atoms with E-state index in [0.717, 1.165) is 30.5 Å². The maximum Gasteiger partial charge on any atom is 0.416 e. The number of rotatable bonds is 4. The van der Waals surface area contributed by atoms with Gasteiger partial charge >= 0.3 is 6.18 Å². The first-order chi connectivity index (χ1) is 10.8. The Morgan fingerprint density at radius 2 is 1.87 bits per heavy atom. The molecule has 1 aliphatic rings. The van der Waals surface area contributed by atoms with E-state index >= 15 is 0 Å². The lowest BCUT2D eigenvalue weighted by Crippen LogP contribution is -2.45. The van der Waals surface area contributed by atoms with Crippen molar-refractivity contribution < 1.29 is 18.0 Å². The van der Waals surface area contributed by atoms with Gasteiger partial charge in [-0.05, 0) is 43.5 Å². The Hall–Kier alpha value is -1.82. The smallest absolute Gasteiger partial charge is 0.339 e. The van der Waals surface area contributed by atoms with Crippen molar-refractivity contribution in [3.63, 3.8) is 0 Å². The second-order valence-corrected chi connectivity index (χ2v) is 5.81. The fraction of sp³-hybridized carbons (Fsp3) is 0.471. The van der Waals surface area contributed by atoms with Crippen LogP contribution in [0.3, 0.4) is 0 Å². The lowest BCUT2D eigenvalue weighted by molar-refractivity contribution is -0.137. The van der Waals surface area contributed by atoms with E-state index in [1.54, 1.807) is 4.90 Å². The highest BCUT2D eigenvalue weighted by molar-refractivity contribution is 5.87. The Bertz CT molecular complexity index is 546. The topological polar surface area (TPSA) is 32.3 Å². The molecular weight excluding hydrogens is 305 g/mol. The van der Waals surface area contributed by atoms with Crippen molar-refractivity contribution in [2.45, 2.75) is 38.0 Å². The number of nitrogens with one attached hydrogen (secondary N) is 1. The number of benzene rings is 1. The Morgan fingerprint density at radius 1 is 1.30 bits per heavy atom. The fourth-order valence-electron chi connectivity index (χ4n) is 2.81. The summed E-state index contributed by atoms with van der Waals surface area (Å²) in [6.07, 6.45) is -1.34. The molecule has 0 aromatic heterocycles. The van der Waals surface area contributed by atoms with Crippen molar-refractivity contribution in [1.29, 1.82) is 0 Å². The van der Waals surface area contributed by atoms with Gasteiger partial charge in [-0.2, -0.15) is 13.2 Å². The zero-order valence-corrected chi connectivity index (χ0v) is 13.1. The highest BCUT2D eigenvalue weighted by Crippen LogP contribution is 2.30. The summed E-state index contributed by atoms with van der Waals surface area (Å²) >= 11 is 0. The summed E-state index contributed by atoms with van der Waals surface area (Å²) in [5.41, 5.74) is 0.187. The summed E-state index contributed by atoms with van der Waals surface area (Å²) in [6, 6.07) is 5.45. The monoisotopic (exact) mass is 326 g/mol. The van der Waals surface area contributed by atoms with Crippen LogP contribution in [0.15, 0.2) is 36.9 Å². The summed E-state index contributed by atoms with van der Waals surface area (Å²) in [7, 11) is 0. The third-order valence-corrected chi connectivity index (χ3v) is 4.20. The molecule has 3 nitrogen and oxygen atoms in total. The van der Waals surface area contributed by atoms with E-state index in [-0.39, 0.29) is 18.0 Å². The molecule has 1 aromatic carbocycles. The lowest BCUT2D eigenvalue weighted by atomic mass is 10.0. The maximum atomic E-state index is 12.6. The number of carbonyl (C=O) groups excluding carboxylic acids is 1. The van der Waals surface area contributed by atoms with Crippen LogP contribution in [-0.2, 0) is 11.0 Å². The third kappa shape index (κ3) is 4.58. The van der Waals surface area contributed by atoms with Crippen LogP contribution >= 0.6 is 0 Å². The predicted molar refractivity (Wildman–Crippen MR) is 82.8 cm³/mol. The summed E-state index contributed by atoms with van der Waals surface area (Å²) in [6.45, 7) is 6.75. The van der Waals surface area contributed by atoms with Crippen LogP contribution in [0.5, 0.6) is 0 Å². The molecule has 0 saturated carbocycles. The molecule has 1 aliphatic heterocycles. The van der Waals surface area contributed by atoms with Crippen molar-refractivity contribution in [3.8, 4) is 0 Å². The van der Waals surface area contributed by atoms with Crippen LogP contribution in [0.1, 0.15) is 36.9 Å². The molecule has 0 unspecified atom stereocenters. The van der Waals surface area contributed by atoms with Gasteiger partial charge in [-0.15, -0.1) is 0 Å². The number of halogens is 3. The Kier molecular flexibility index (Phi) is 5.46. The van der Waals surface area contributed by atoms with Gasteiger partial charge in [0.2, 0.25) is 5.91 Å². The molecule has 0 bridgehead atoms. The minimum atomic E-state index is -4.31. The van der Waals surface area contributed by atoms with E-state index in [9.17, 15) is 18.0 Å². The molecule has 126 valence electrons. The first-order valence-electron chi connectivity index (χ1n) is 7.66. The Morgan fingerprint density at radius 3 is 2.35 bits per heavy atom. The predicted octanol–water partition coefficient (Wildman–Crippen LogP) is 3.53. The first-order valence-corrected chi connectivity index (χ1v) is 7.66. The average Bonchev–Trinajstić information content (AvgIpc) is 2.54. The van der Waals surface area contributed by atoms with Crippen LogP contribution in [0.2, 0.25) is 0 Å². The number of piperidine rings is 1. The fourth-order valence-corrected chi connectivity index (χ4v) is 2.81. The summed E-state index contributed by atoms with van der Waals surface area (Å²) in [5.74, 6) is -0.0563. The number of alkyl halides is 3. The van der Waals surface area contributed by atoms with Crippen molar-refractivity contribution in [2.75, 3.05) is 13.1 Å². The third-order valence-electron chi connectivity index (χ3n) is 4.20. The molecule has 1 fully saturated rings. The summed E-state index contributed by atoms with van der Waals surface area (Å²) in [4.78, 5) is 13.3. The Labute approximate surface area is 134 Å². The highest BCUT2D eigenvalue weighted by atomic mass is 19.4. The normalized spacial score (nSPS) is 17.8. The van der Waals surface area contributed by atoms with Crippen molar-refractivity contribution in [3.05, 3.63) is 48.0 Å². The van der Waals surface area contributed by atoms with Gasteiger partial charge in [-0.3, -0.25) is 4.79 Å². The van der Waals surface area contributed by atoms with Crippen LogP contribution in [0, 0.1) is 0 Å². The van der Waals surface area contributed by atoms with Crippen LogP contribution in [0.4, 0.5) is 13.2 Å². The van der Waals surface area contributed by atoms with Crippen molar-refractivity contribution in [2.24, 2.45) is 0 Å². The zero-order valence-electron chi connectivity index (χ0n) is 13.1. The number of hydrogen-bond acceptors (Lipinski definition) is 2. The molecule has 0 aliphatic carbocycles. The van der Waals surface area contributed by atoms with E-state index in [1.165, 1.54) is 18.2 Å². The number of carbonyl (C=O) groups is 1. The summed E-state index contributed by atoms with van der Waals surface area (Å²) in [5, 5.41) is 3.43. The van der Waals surface area contributed by atoms with Gasteiger partial charge < -0.3 is 10.2 Å². The molecule has 1 N–H and O–H groups in total.